The second-order valence-corrected chi connectivity index (χ2v) is 3.93. The minimum Gasteiger partial charge on any atom is -0.507 e. The van der Waals surface area contributed by atoms with Gasteiger partial charge in [0.2, 0.25) is 0 Å². The van der Waals surface area contributed by atoms with Crippen molar-refractivity contribution in [2.75, 3.05) is 7.11 Å². The molecule has 0 bridgehead atoms. The average molecular weight is 256 g/mol. The quantitative estimate of drug-likeness (QED) is 0.677. The summed E-state index contributed by atoms with van der Waals surface area (Å²) in [6.07, 6.45) is 0.586. The van der Waals surface area contributed by atoms with Crippen LogP contribution in [-0.2, 0) is 4.74 Å². The lowest BCUT2D eigenvalue weighted by molar-refractivity contribution is 0.0600. The predicted octanol–water partition coefficient (Wildman–Crippen LogP) is 2.66. The Kier molecular flexibility index (Phi) is 3.61. The number of aldehydes is 1. The molecule has 0 saturated carbocycles. The minimum atomic E-state index is -0.451. The van der Waals surface area contributed by atoms with E-state index in [0.29, 0.717) is 23.0 Å². The van der Waals surface area contributed by atoms with E-state index in [1.807, 2.05) is 0 Å². The molecule has 0 radical (unpaired) electrons. The number of ether oxygens (including phenoxy) is 1. The first-order chi connectivity index (χ1) is 9.17. The lowest BCUT2D eigenvalue weighted by Gasteiger charge is -2.08. The number of aromatic hydroxyl groups is 1. The third kappa shape index (κ3) is 2.47. The van der Waals surface area contributed by atoms with Crippen molar-refractivity contribution in [3.05, 3.63) is 53.6 Å². The van der Waals surface area contributed by atoms with Gasteiger partial charge in [-0.1, -0.05) is 24.3 Å². The topological polar surface area (TPSA) is 63.6 Å². The molecule has 1 N–H and O–H groups in total. The summed E-state index contributed by atoms with van der Waals surface area (Å²) in [6.45, 7) is 0. The lowest BCUT2D eigenvalue weighted by Crippen LogP contribution is -2.00. The SMILES string of the molecule is COC(=O)c1cccc(-c2cccc(C=O)c2O)c1. The van der Waals surface area contributed by atoms with Crippen LogP contribution in [0.1, 0.15) is 20.7 Å². The highest BCUT2D eigenvalue weighted by Gasteiger charge is 2.11. The predicted molar refractivity (Wildman–Crippen MR) is 70.3 cm³/mol. The minimum absolute atomic E-state index is 0.0977. The summed E-state index contributed by atoms with van der Waals surface area (Å²) in [6, 6.07) is 11.5. The number of esters is 1. The Morgan fingerprint density at radius 1 is 1.21 bits per heavy atom. The van der Waals surface area contributed by atoms with E-state index in [1.165, 1.54) is 13.2 Å². The first-order valence-corrected chi connectivity index (χ1v) is 5.63. The van der Waals surface area contributed by atoms with Crippen LogP contribution < -0.4 is 0 Å². The average Bonchev–Trinajstić information content (AvgIpc) is 2.46. The van der Waals surface area contributed by atoms with Crippen molar-refractivity contribution in [3.8, 4) is 16.9 Å². The van der Waals surface area contributed by atoms with Crippen LogP contribution in [0.4, 0.5) is 0 Å². The van der Waals surface area contributed by atoms with E-state index in [4.69, 9.17) is 0 Å². The van der Waals surface area contributed by atoms with Crippen molar-refractivity contribution < 1.29 is 19.4 Å². The molecule has 0 heterocycles. The van der Waals surface area contributed by atoms with Crippen LogP contribution in [0.5, 0.6) is 5.75 Å². The molecule has 0 atom stereocenters. The Morgan fingerprint density at radius 2 is 1.95 bits per heavy atom. The number of hydrogen-bond acceptors (Lipinski definition) is 4. The zero-order valence-corrected chi connectivity index (χ0v) is 10.3. The van der Waals surface area contributed by atoms with E-state index in [9.17, 15) is 14.7 Å². The maximum atomic E-state index is 11.5. The van der Waals surface area contributed by atoms with Crippen molar-refractivity contribution in [1.82, 2.24) is 0 Å². The molecule has 0 aliphatic carbocycles. The van der Waals surface area contributed by atoms with Gasteiger partial charge < -0.3 is 9.84 Å². The molecular weight excluding hydrogens is 244 g/mol. The lowest BCUT2D eigenvalue weighted by atomic mass is 10.00. The fourth-order valence-electron chi connectivity index (χ4n) is 1.82. The van der Waals surface area contributed by atoms with E-state index in [-0.39, 0.29) is 11.3 Å². The number of carbonyl (C=O) groups excluding carboxylic acids is 2. The molecule has 19 heavy (non-hydrogen) atoms. The fraction of sp³-hybridized carbons (Fsp3) is 0.0667. The number of benzene rings is 2. The molecule has 0 spiro atoms. The summed E-state index contributed by atoms with van der Waals surface area (Å²) in [5, 5.41) is 9.98. The van der Waals surface area contributed by atoms with E-state index in [2.05, 4.69) is 4.74 Å². The van der Waals surface area contributed by atoms with Gasteiger partial charge in [-0.3, -0.25) is 4.79 Å². The van der Waals surface area contributed by atoms with Crippen LogP contribution in [0.2, 0.25) is 0 Å². The van der Waals surface area contributed by atoms with Crippen molar-refractivity contribution in [3.63, 3.8) is 0 Å². The summed E-state index contributed by atoms with van der Waals surface area (Å²) in [5.41, 5.74) is 1.73. The molecule has 0 amide bonds. The molecule has 2 rings (SSSR count). The number of carbonyl (C=O) groups is 2. The maximum Gasteiger partial charge on any atom is 0.337 e. The van der Waals surface area contributed by atoms with Crippen LogP contribution in [-0.4, -0.2) is 24.5 Å². The standard InChI is InChI=1S/C15H12O4/c1-19-15(18)11-5-2-4-10(8-11)13-7-3-6-12(9-16)14(13)17/h2-9,17H,1H3. The first-order valence-electron chi connectivity index (χ1n) is 5.63. The summed E-state index contributed by atoms with van der Waals surface area (Å²) < 4.78 is 4.64. The molecule has 0 aliphatic heterocycles. The summed E-state index contributed by atoms with van der Waals surface area (Å²) >= 11 is 0. The smallest absolute Gasteiger partial charge is 0.337 e. The molecule has 2 aromatic rings. The zero-order chi connectivity index (χ0) is 13.8. The molecule has 0 aliphatic rings. The molecule has 0 saturated heterocycles. The van der Waals surface area contributed by atoms with Crippen molar-refractivity contribution in [2.45, 2.75) is 0 Å². The van der Waals surface area contributed by atoms with Gasteiger partial charge in [0.05, 0.1) is 18.2 Å². The molecule has 2 aromatic carbocycles. The largest absolute Gasteiger partial charge is 0.507 e. The van der Waals surface area contributed by atoms with Gasteiger partial charge in [0.25, 0.3) is 0 Å². The fourth-order valence-corrected chi connectivity index (χ4v) is 1.82. The highest BCUT2D eigenvalue weighted by atomic mass is 16.5. The van der Waals surface area contributed by atoms with Crippen LogP contribution in [0.15, 0.2) is 42.5 Å². The highest BCUT2D eigenvalue weighted by molar-refractivity contribution is 5.92. The van der Waals surface area contributed by atoms with Crippen LogP contribution in [0.3, 0.4) is 0 Å². The molecule has 4 heteroatoms. The maximum absolute atomic E-state index is 11.5. The normalized spacial score (nSPS) is 9.95. The number of rotatable bonds is 3. The first kappa shape index (κ1) is 12.8. The van der Waals surface area contributed by atoms with E-state index < -0.39 is 5.97 Å². The van der Waals surface area contributed by atoms with Crippen LogP contribution in [0, 0.1) is 0 Å². The summed E-state index contributed by atoms with van der Waals surface area (Å²) in [4.78, 5) is 22.3. The van der Waals surface area contributed by atoms with E-state index in [1.54, 1.807) is 36.4 Å². The van der Waals surface area contributed by atoms with Gasteiger partial charge in [-0.05, 0) is 23.8 Å². The third-order valence-corrected chi connectivity index (χ3v) is 2.79. The van der Waals surface area contributed by atoms with E-state index in [0.717, 1.165) is 0 Å². The van der Waals surface area contributed by atoms with Gasteiger partial charge in [-0.15, -0.1) is 0 Å². The third-order valence-electron chi connectivity index (χ3n) is 2.79. The Hall–Kier alpha value is -2.62. The number of phenolic OH excluding ortho intramolecular Hbond substituents is 1. The van der Waals surface area contributed by atoms with Gasteiger partial charge in [-0.25, -0.2) is 4.79 Å². The Bertz CT molecular complexity index is 632. The van der Waals surface area contributed by atoms with Gasteiger partial charge in [0.15, 0.2) is 6.29 Å². The van der Waals surface area contributed by atoms with Gasteiger partial charge >= 0.3 is 5.97 Å². The number of phenols is 1. The number of hydrogen-bond donors (Lipinski definition) is 1. The second kappa shape index (κ2) is 5.35. The molecule has 96 valence electrons. The molecule has 0 aromatic heterocycles. The second-order valence-electron chi connectivity index (χ2n) is 3.93. The van der Waals surface area contributed by atoms with Crippen LogP contribution >= 0.6 is 0 Å². The summed E-state index contributed by atoms with van der Waals surface area (Å²) in [5.74, 6) is -0.549. The number of para-hydroxylation sites is 1. The van der Waals surface area contributed by atoms with Crippen LogP contribution in [0.25, 0.3) is 11.1 Å². The molecule has 0 fully saturated rings. The Labute approximate surface area is 110 Å². The molecule has 0 unspecified atom stereocenters. The van der Waals surface area contributed by atoms with Gasteiger partial charge in [0, 0.05) is 5.56 Å². The monoisotopic (exact) mass is 256 g/mol. The Morgan fingerprint density at radius 3 is 2.63 bits per heavy atom. The highest BCUT2D eigenvalue weighted by Crippen LogP contribution is 2.31. The van der Waals surface area contributed by atoms with Crippen molar-refractivity contribution in [1.29, 1.82) is 0 Å². The van der Waals surface area contributed by atoms with Crippen molar-refractivity contribution >= 4 is 12.3 Å². The van der Waals surface area contributed by atoms with Gasteiger partial charge in [0.1, 0.15) is 5.75 Å². The Balaban J connectivity index is 2.53. The van der Waals surface area contributed by atoms with Crippen molar-refractivity contribution in [2.24, 2.45) is 0 Å². The molecular formula is C15H12O4. The summed E-state index contributed by atoms with van der Waals surface area (Å²) in [7, 11) is 1.31. The zero-order valence-electron chi connectivity index (χ0n) is 10.3. The van der Waals surface area contributed by atoms with E-state index >= 15 is 0 Å². The number of methoxy groups -OCH3 is 1. The van der Waals surface area contributed by atoms with Gasteiger partial charge in [-0.2, -0.15) is 0 Å². The molecule has 4 nitrogen and oxygen atoms in total.